The van der Waals surface area contributed by atoms with Crippen molar-refractivity contribution in [3.63, 3.8) is 0 Å². The number of nitrogens with one attached hydrogen (secondary N) is 2. The van der Waals surface area contributed by atoms with Gasteiger partial charge in [-0.1, -0.05) is 0 Å². The number of hydrogen-bond acceptors (Lipinski definition) is 4. The third kappa shape index (κ3) is 3.34. The van der Waals surface area contributed by atoms with E-state index in [0.717, 1.165) is 5.69 Å². The van der Waals surface area contributed by atoms with Gasteiger partial charge >= 0.3 is 0 Å². The van der Waals surface area contributed by atoms with E-state index in [0.29, 0.717) is 22.7 Å². The molecular weight excluding hydrogens is 294 g/mol. The van der Waals surface area contributed by atoms with Crippen LogP contribution in [0.4, 0.5) is 11.4 Å². The number of fused-ring (bicyclic) bond motifs is 1. The number of benzene rings is 1. The SMILES string of the molecule is CC(=O)Nc1ccc(NC(=O)c2ccc3nc(C)cn3n2)cc1. The van der Waals surface area contributed by atoms with E-state index in [9.17, 15) is 9.59 Å². The molecule has 2 N–H and O–H groups in total. The maximum Gasteiger partial charge on any atom is 0.276 e. The van der Waals surface area contributed by atoms with E-state index in [-0.39, 0.29) is 11.8 Å². The lowest BCUT2D eigenvalue weighted by Crippen LogP contribution is -2.15. The molecule has 116 valence electrons. The van der Waals surface area contributed by atoms with Gasteiger partial charge in [-0.25, -0.2) is 9.50 Å². The zero-order valence-electron chi connectivity index (χ0n) is 12.7. The molecule has 0 aliphatic heterocycles. The van der Waals surface area contributed by atoms with Crippen LogP contribution >= 0.6 is 0 Å². The molecule has 0 atom stereocenters. The highest BCUT2D eigenvalue weighted by molar-refractivity contribution is 6.03. The first kappa shape index (κ1) is 14.7. The standard InChI is InChI=1S/C16H15N5O2/c1-10-9-21-15(17-10)8-7-14(20-21)16(23)19-13-5-3-12(4-6-13)18-11(2)22/h3-9H,1-2H3,(H,18,22)(H,19,23). The summed E-state index contributed by atoms with van der Waals surface area (Å²) in [5.41, 5.74) is 3.11. The summed E-state index contributed by atoms with van der Waals surface area (Å²) in [5, 5.41) is 9.66. The molecule has 0 bridgehead atoms. The highest BCUT2D eigenvalue weighted by Gasteiger charge is 2.10. The van der Waals surface area contributed by atoms with Crippen LogP contribution in [0.25, 0.3) is 5.65 Å². The van der Waals surface area contributed by atoms with Crippen molar-refractivity contribution < 1.29 is 9.59 Å². The Balaban J connectivity index is 1.75. The van der Waals surface area contributed by atoms with Gasteiger partial charge in [-0.2, -0.15) is 5.10 Å². The molecule has 7 nitrogen and oxygen atoms in total. The Kier molecular flexibility index (Phi) is 3.76. The number of amides is 2. The van der Waals surface area contributed by atoms with Crippen LogP contribution in [0.15, 0.2) is 42.6 Å². The molecule has 0 unspecified atom stereocenters. The molecule has 0 fully saturated rings. The number of rotatable bonds is 3. The summed E-state index contributed by atoms with van der Waals surface area (Å²) in [6.45, 7) is 3.31. The summed E-state index contributed by atoms with van der Waals surface area (Å²) in [6.07, 6.45) is 1.76. The first-order valence-corrected chi connectivity index (χ1v) is 7.03. The third-order valence-electron chi connectivity index (χ3n) is 3.14. The smallest absolute Gasteiger partial charge is 0.276 e. The van der Waals surface area contributed by atoms with Crippen LogP contribution in [0.2, 0.25) is 0 Å². The fourth-order valence-electron chi connectivity index (χ4n) is 2.16. The van der Waals surface area contributed by atoms with Crippen LogP contribution in [0, 0.1) is 6.92 Å². The van der Waals surface area contributed by atoms with Crippen molar-refractivity contribution in [3.8, 4) is 0 Å². The van der Waals surface area contributed by atoms with Crippen LogP contribution in [0.1, 0.15) is 23.1 Å². The second kappa shape index (κ2) is 5.88. The highest BCUT2D eigenvalue weighted by atomic mass is 16.2. The maximum absolute atomic E-state index is 12.3. The predicted octanol–water partition coefficient (Wildman–Crippen LogP) is 2.25. The third-order valence-corrected chi connectivity index (χ3v) is 3.14. The van der Waals surface area contributed by atoms with Gasteiger partial charge in [-0.15, -0.1) is 0 Å². The molecule has 0 radical (unpaired) electrons. The highest BCUT2D eigenvalue weighted by Crippen LogP contribution is 2.14. The van der Waals surface area contributed by atoms with E-state index in [1.165, 1.54) is 6.92 Å². The van der Waals surface area contributed by atoms with E-state index in [1.54, 1.807) is 47.1 Å². The molecule has 0 aliphatic carbocycles. The molecular formula is C16H15N5O2. The number of hydrogen-bond donors (Lipinski definition) is 2. The molecule has 23 heavy (non-hydrogen) atoms. The van der Waals surface area contributed by atoms with Gasteiger partial charge in [-0.05, 0) is 43.3 Å². The maximum atomic E-state index is 12.3. The molecule has 3 aromatic rings. The number of nitrogens with zero attached hydrogens (tertiary/aromatic N) is 3. The van der Waals surface area contributed by atoms with Crippen molar-refractivity contribution in [3.05, 3.63) is 54.0 Å². The fraction of sp³-hybridized carbons (Fsp3) is 0.125. The van der Waals surface area contributed by atoms with Crippen molar-refractivity contribution in [1.29, 1.82) is 0 Å². The minimum absolute atomic E-state index is 0.144. The van der Waals surface area contributed by atoms with E-state index in [1.807, 2.05) is 6.92 Å². The van der Waals surface area contributed by atoms with Gasteiger partial charge in [0.25, 0.3) is 5.91 Å². The van der Waals surface area contributed by atoms with Crippen molar-refractivity contribution in [2.75, 3.05) is 10.6 Å². The van der Waals surface area contributed by atoms with Crippen LogP contribution in [0.3, 0.4) is 0 Å². The Morgan fingerprint density at radius 2 is 1.65 bits per heavy atom. The molecule has 0 aliphatic rings. The van der Waals surface area contributed by atoms with Gasteiger partial charge in [0.2, 0.25) is 5.91 Å². The Morgan fingerprint density at radius 1 is 1.00 bits per heavy atom. The second-order valence-corrected chi connectivity index (χ2v) is 5.12. The molecule has 7 heteroatoms. The fourth-order valence-corrected chi connectivity index (χ4v) is 2.16. The van der Waals surface area contributed by atoms with Gasteiger partial charge < -0.3 is 10.6 Å². The summed E-state index contributed by atoms with van der Waals surface area (Å²) in [7, 11) is 0. The Morgan fingerprint density at radius 3 is 2.30 bits per heavy atom. The first-order chi connectivity index (χ1) is 11.0. The van der Waals surface area contributed by atoms with Gasteiger partial charge in [0.05, 0.1) is 11.9 Å². The van der Waals surface area contributed by atoms with E-state index in [2.05, 4.69) is 20.7 Å². The number of aromatic nitrogens is 3. The van der Waals surface area contributed by atoms with Crippen molar-refractivity contribution in [2.24, 2.45) is 0 Å². The van der Waals surface area contributed by atoms with Gasteiger partial charge in [-0.3, -0.25) is 9.59 Å². The van der Waals surface area contributed by atoms with Crippen LogP contribution < -0.4 is 10.6 Å². The minimum Gasteiger partial charge on any atom is -0.326 e. The molecule has 2 aromatic heterocycles. The second-order valence-electron chi connectivity index (χ2n) is 5.12. The quantitative estimate of drug-likeness (QED) is 0.776. The van der Waals surface area contributed by atoms with E-state index in [4.69, 9.17) is 0 Å². The first-order valence-electron chi connectivity index (χ1n) is 7.03. The van der Waals surface area contributed by atoms with Crippen molar-refractivity contribution >= 4 is 28.8 Å². The number of aryl methyl sites for hydroxylation is 1. The number of anilines is 2. The van der Waals surface area contributed by atoms with Gasteiger partial charge in [0, 0.05) is 18.3 Å². The molecule has 2 amide bonds. The average Bonchev–Trinajstić information content (AvgIpc) is 2.87. The van der Waals surface area contributed by atoms with Crippen LogP contribution in [-0.2, 0) is 4.79 Å². The Bertz CT molecular complexity index is 883. The Labute approximate surface area is 132 Å². The number of carbonyl (C=O) groups is 2. The predicted molar refractivity (Wildman–Crippen MR) is 86.4 cm³/mol. The largest absolute Gasteiger partial charge is 0.326 e. The zero-order valence-corrected chi connectivity index (χ0v) is 12.7. The zero-order chi connectivity index (χ0) is 16.4. The summed E-state index contributed by atoms with van der Waals surface area (Å²) < 4.78 is 1.57. The lowest BCUT2D eigenvalue weighted by molar-refractivity contribution is -0.114. The Hall–Kier alpha value is -3.22. The summed E-state index contributed by atoms with van der Waals surface area (Å²) >= 11 is 0. The van der Waals surface area contributed by atoms with E-state index >= 15 is 0 Å². The van der Waals surface area contributed by atoms with E-state index < -0.39 is 0 Å². The monoisotopic (exact) mass is 309 g/mol. The molecule has 0 saturated heterocycles. The summed E-state index contributed by atoms with van der Waals surface area (Å²) in [6, 6.07) is 10.2. The van der Waals surface area contributed by atoms with Crippen LogP contribution in [0.5, 0.6) is 0 Å². The lowest BCUT2D eigenvalue weighted by Gasteiger charge is -2.06. The molecule has 3 rings (SSSR count). The molecule has 0 spiro atoms. The summed E-state index contributed by atoms with van der Waals surface area (Å²) in [5.74, 6) is -0.458. The van der Waals surface area contributed by atoms with Crippen LogP contribution in [-0.4, -0.2) is 26.4 Å². The molecule has 2 heterocycles. The summed E-state index contributed by atoms with van der Waals surface area (Å²) in [4.78, 5) is 27.5. The van der Waals surface area contributed by atoms with Crippen molar-refractivity contribution in [2.45, 2.75) is 13.8 Å². The average molecular weight is 309 g/mol. The lowest BCUT2D eigenvalue weighted by atomic mass is 10.2. The molecule has 1 aromatic carbocycles. The van der Waals surface area contributed by atoms with Crippen molar-refractivity contribution in [1.82, 2.24) is 14.6 Å². The number of carbonyl (C=O) groups excluding carboxylic acids is 2. The normalized spacial score (nSPS) is 10.5. The van der Waals surface area contributed by atoms with Gasteiger partial charge in [0.15, 0.2) is 5.65 Å². The topological polar surface area (TPSA) is 88.4 Å². The number of imidazole rings is 1. The van der Waals surface area contributed by atoms with Gasteiger partial charge in [0.1, 0.15) is 5.69 Å². The minimum atomic E-state index is -0.314. The molecule has 0 saturated carbocycles.